The summed E-state index contributed by atoms with van der Waals surface area (Å²) in [6, 6.07) is 24.6. The second-order valence-electron chi connectivity index (χ2n) is 7.78. The van der Waals surface area contributed by atoms with Crippen LogP contribution in [0.15, 0.2) is 90.0 Å². The Labute approximate surface area is 207 Å². The van der Waals surface area contributed by atoms with E-state index in [0.717, 1.165) is 16.3 Å². The van der Waals surface area contributed by atoms with Crippen molar-refractivity contribution in [1.82, 2.24) is 5.43 Å². The van der Waals surface area contributed by atoms with Gasteiger partial charge in [-0.25, -0.2) is 10.2 Å². The zero-order valence-corrected chi connectivity index (χ0v) is 19.6. The molecule has 4 aromatic carbocycles. The molecule has 0 unspecified atom stereocenters. The van der Waals surface area contributed by atoms with Gasteiger partial charge in [0.25, 0.3) is 0 Å². The number of rotatable bonds is 6. The number of benzene rings is 4. The van der Waals surface area contributed by atoms with Gasteiger partial charge in [0, 0.05) is 11.3 Å². The number of esters is 1. The second kappa shape index (κ2) is 11.0. The Kier molecular flexibility index (Phi) is 7.36. The van der Waals surface area contributed by atoms with Crippen LogP contribution in [0.1, 0.15) is 21.5 Å². The fraction of sp³-hybridized carbons (Fsp3) is 0.0714. The molecule has 8 nitrogen and oxygen atoms in total. The van der Waals surface area contributed by atoms with E-state index in [2.05, 4.69) is 15.8 Å². The number of amides is 2. The molecule has 4 aromatic rings. The molecular weight excluding hydrogens is 458 g/mol. The molecule has 0 saturated carbocycles. The number of methoxy groups -OCH3 is 1. The SMILES string of the molecule is COc1ccc(C(=O)Oc2ccc3ccccc3c2/C=N\NC(=O)C(=O)Nc2ccccc2C)cc1. The lowest BCUT2D eigenvalue weighted by Crippen LogP contribution is -2.32. The fourth-order valence-corrected chi connectivity index (χ4v) is 3.48. The zero-order valence-electron chi connectivity index (χ0n) is 19.6. The number of carbonyl (C=O) groups is 3. The summed E-state index contributed by atoms with van der Waals surface area (Å²) in [5, 5.41) is 8.13. The monoisotopic (exact) mass is 481 g/mol. The van der Waals surface area contributed by atoms with Crippen LogP contribution < -0.4 is 20.2 Å². The van der Waals surface area contributed by atoms with Crippen LogP contribution in [0.2, 0.25) is 0 Å². The summed E-state index contributed by atoms with van der Waals surface area (Å²) >= 11 is 0. The highest BCUT2D eigenvalue weighted by molar-refractivity contribution is 6.39. The molecule has 0 aromatic heterocycles. The first-order valence-corrected chi connectivity index (χ1v) is 11.0. The molecule has 8 heteroatoms. The molecule has 2 N–H and O–H groups in total. The van der Waals surface area contributed by atoms with Gasteiger partial charge in [0.15, 0.2) is 0 Å². The van der Waals surface area contributed by atoms with E-state index in [0.29, 0.717) is 22.6 Å². The van der Waals surface area contributed by atoms with Crippen molar-refractivity contribution < 1.29 is 23.9 Å². The van der Waals surface area contributed by atoms with Crippen molar-refractivity contribution in [3.8, 4) is 11.5 Å². The van der Waals surface area contributed by atoms with Crippen molar-refractivity contribution in [3.63, 3.8) is 0 Å². The number of nitrogens with zero attached hydrogens (tertiary/aromatic N) is 1. The van der Waals surface area contributed by atoms with Crippen LogP contribution in [0.5, 0.6) is 11.5 Å². The predicted molar refractivity (Wildman–Crippen MR) is 137 cm³/mol. The summed E-state index contributed by atoms with van der Waals surface area (Å²) in [6.07, 6.45) is 1.35. The van der Waals surface area contributed by atoms with Crippen LogP contribution in [0.3, 0.4) is 0 Å². The minimum Gasteiger partial charge on any atom is -0.497 e. The molecule has 0 bridgehead atoms. The van der Waals surface area contributed by atoms with Gasteiger partial charge < -0.3 is 14.8 Å². The molecule has 2 amide bonds. The molecule has 0 radical (unpaired) electrons. The minimum atomic E-state index is -0.938. The quantitative estimate of drug-likeness (QED) is 0.139. The summed E-state index contributed by atoms with van der Waals surface area (Å²) in [7, 11) is 1.54. The lowest BCUT2D eigenvalue weighted by molar-refractivity contribution is -0.136. The van der Waals surface area contributed by atoms with Crippen LogP contribution in [0.4, 0.5) is 5.69 Å². The van der Waals surface area contributed by atoms with E-state index >= 15 is 0 Å². The van der Waals surface area contributed by atoms with Crippen LogP contribution in [-0.2, 0) is 9.59 Å². The Morgan fingerprint density at radius 1 is 0.833 bits per heavy atom. The van der Waals surface area contributed by atoms with E-state index in [4.69, 9.17) is 9.47 Å². The van der Waals surface area contributed by atoms with E-state index < -0.39 is 17.8 Å². The highest BCUT2D eigenvalue weighted by Crippen LogP contribution is 2.27. The van der Waals surface area contributed by atoms with Crippen LogP contribution in [-0.4, -0.2) is 31.1 Å². The molecule has 0 aliphatic rings. The number of nitrogens with one attached hydrogen (secondary N) is 2. The van der Waals surface area contributed by atoms with Crippen molar-refractivity contribution in [2.45, 2.75) is 6.92 Å². The second-order valence-corrected chi connectivity index (χ2v) is 7.78. The zero-order chi connectivity index (χ0) is 25.5. The van der Waals surface area contributed by atoms with Gasteiger partial charge in [0.2, 0.25) is 0 Å². The number of hydrogen-bond acceptors (Lipinski definition) is 6. The lowest BCUT2D eigenvalue weighted by Gasteiger charge is -2.11. The number of ether oxygens (including phenoxy) is 2. The fourth-order valence-electron chi connectivity index (χ4n) is 3.48. The number of hydrazone groups is 1. The third-order valence-corrected chi connectivity index (χ3v) is 5.42. The van der Waals surface area contributed by atoms with Crippen LogP contribution in [0, 0.1) is 6.92 Å². The number of aryl methyl sites for hydroxylation is 1. The van der Waals surface area contributed by atoms with Gasteiger partial charge in [-0.3, -0.25) is 9.59 Å². The summed E-state index contributed by atoms with van der Waals surface area (Å²) in [4.78, 5) is 37.3. The van der Waals surface area contributed by atoms with Gasteiger partial charge in [-0.15, -0.1) is 0 Å². The molecule has 36 heavy (non-hydrogen) atoms. The average molecular weight is 482 g/mol. The van der Waals surface area contributed by atoms with Crippen molar-refractivity contribution in [2.24, 2.45) is 5.10 Å². The average Bonchev–Trinajstić information content (AvgIpc) is 2.90. The molecule has 0 aliphatic carbocycles. The van der Waals surface area contributed by atoms with Crippen molar-refractivity contribution >= 4 is 40.5 Å². The van der Waals surface area contributed by atoms with Crippen molar-refractivity contribution in [3.05, 3.63) is 102 Å². The van der Waals surface area contributed by atoms with Gasteiger partial charge in [0.05, 0.1) is 18.9 Å². The largest absolute Gasteiger partial charge is 0.497 e. The first-order valence-electron chi connectivity index (χ1n) is 11.0. The first-order chi connectivity index (χ1) is 17.5. The number of carbonyl (C=O) groups excluding carboxylic acids is 3. The molecule has 0 spiro atoms. The minimum absolute atomic E-state index is 0.247. The number of anilines is 1. The Bertz CT molecular complexity index is 1460. The maximum Gasteiger partial charge on any atom is 0.343 e. The molecule has 0 heterocycles. The maximum atomic E-state index is 12.7. The van der Waals surface area contributed by atoms with Crippen molar-refractivity contribution in [1.29, 1.82) is 0 Å². The summed E-state index contributed by atoms with van der Waals surface area (Å²) < 4.78 is 10.8. The van der Waals surface area contributed by atoms with Crippen LogP contribution in [0.25, 0.3) is 10.8 Å². The molecule has 0 aliphatic heterocycles. The van der Waals surface area contributed by atoms with E-state index in [1.54, 1.807) is 49.6 Å². The third-order valence-electron chi connectivity index (χ3n) is 5.42. The Morgan fingerprint density at radius 3 is 2.31 bits per heavy atom. The molecule has 180 valence electrons. The molecule has 0 saturated heterocycles. The van der Waals surface area contributed by atoms with Gasteiger partial charge in [-0.05, 0) is 59.7 Å². The van der Waals surface area contributed by atoms with E-state index in [9.17, 15) is 14.4 Å². The van der Waals surface area contributed by atoms with Gasteiger partial charge >= 0.3 is 17.8 Å². The topological polar surface area (TPSA) is 106 Å². The maximum absolute atomic E-state index is 12.7. The predicted octanol–water partition coefficient (Wildman–Crippen LogP) is 4.46. The molecule has 4 rings (SSSR count). The molecule has 0 atom stereocenters. The third kappa shape index (κ3) is 5.56. The van der Waals surface area contributed by atoms with Gasteiger partial charge in [-0.2, -0.15) is 5.10 Å². The normalized spacial score (nSPS) is 10.7. The van der Waals surface area contributed by atoms with E-state index in [-0.39, 0.29) is 5.75 Å². The Hall–Kier alpha value is -4.98. The highest BCUT2D eigenvalue weighted by Gasteiger charge is 2.16. The van der Waals surface area contributed by atoms with Crippen molar-refractivity contribution in [2.75, 3.05) is 12.4 Å². The number of hydrogen-bond donors (Lipinski definition) is 2. The number of para-hydroxylation sites is 1. The van der Waals surface area contributed by atoms with Gasteiger partial charge in [-0.1, -0.05) is 48.5 Å². The Morgan fingerprint density at radius 2 is 1.56 bits per heavy atom. The Balaban J connectivity index is 1.54. The molecule has 0 fully saturated rings. The summed E-state index contributed by atoms with van der Waals surface area (Å²) in [6.45, 7) is 1.82. The van der Waals surface area contributed by atoms with Gasteiger partial charge in [0.1, 0.15) is 11.5 Å². The summed E-state index contributed by atoms with van der Waals surface area (Å²) in [5.41, 5.74) is 4.38. The lowest BCUT2D eigenvalue weighted by atomic mass is 10.0. The highest BCUT2D eigenvalue weighted by atomic mass is 16.5. The smallest absolute Gasteiger partial charge is 0.343 e. The van der Waals surface area contributed by atoms with Crippen LogP contribution >= 0.6 is 0 Å². The number of fused-ring (bicyclic) bond motifs is 1. The van der Waals surface area contributed by atoms with E-state index in [1.807, 2.05) is 49.4 Å². The molecular formula is C28H23N3O5. The summed E-state index contributed by atoms with van der Waals surface area (Å²) in [5.74, 6) is -1.49. The van der Waals surface area contributed by atoms with E-state index in [1.165, 1.54) is 6.21 Å². The first kappa shape index (κ1) is 24.2. The standard InChI is InChI=1S/C28H23N3O5/c1-18-7-3-6-10-24(18)30-26(32)27(33)31-29-17-23-22-9-5-4-8-19(22)13-16-25(23)36-28(34)20-11-14-21(35-2)15-12-20/h3-17H,1-2H3,(H,30,32)(H,31,33)/b29-17-.